The van der Waals surface area contributed by atoms with Crippen LogP contribution in [0.3, 0.4) is 0 Å². The van der Waals surface area contributed by atoms with Gasteiger partial charge in [-0.15, -0.1) is 0 Å². The summed E-state index contributed by atoms with van der Waals surface area (Å²) < 4.78 is 10.9. The van der Waals surface area contributed by atoms with Gasteiger partial charge in [-0.25, -0.2) is 0 Å². The number of fused-ring (bicyclic) bond motifs is 2. The van der Waals surface area contributed by atoms with Gasteiger partial charge in [0.2, 0.25) is 5.91 Å². The Kier molecular flexibility index (Phi) is 4.77. The lowest BCUT2D eigenvalue weighted by Gasteiger charge is -2.36. The molecule has 4 rings (SSSR count). The third-order valence-corrected chi connectivity index (χ3v) is 6.06. The number of aromatic nitrogens is 1. The lowest BCUT2D eigenvalue weighted by molar-refractivity contribution is -0.137. The van der Waals surface area contributed by atoms with Crippen LogP contribution in [0.1, 0.15) is 36.2 Å². The number of amides is 1. The molecule has 0 saturated heterocycles. The maximum absolute atomic E-state index is 13.7. The van der Waals surface area contributed by atoms with E-state index in [0.717, 1.165) is 39.9 Å². The van der Waals surface area contributed by atoms with Gasteiger partial charge in [-0.3, -0.25) is 4.79 Å². The summed E-state index contributed by atoms with van der Waals surface area (Å²) in [5.74, 6) is 1.58. The summed E-state index contributed by atoms with van der Waals surface area (Å²) in [5, 5.41) is 1.12. The Bertz CT molecular complexity index is 1080. The normalized spacial score (nSPS) is 14.0. The number of benzene rings is 2. The van der Waals surface area contributed by atoms with E-state index in [9.17, 15) is 4.79 Å². The van der Waals surface area contributed by atoms with Crippen molar-refractivity contribution in [2.24, 2.45) is 0 Å². The molecule has 3 aromatic rings. The predicted octanol–water partition coefficient (Wildman–Crippen LogP) is 4.36. The van der Waals surface area contributed by atoms with Crippen molar-refractivity contribution in [1.82, 2.24) is 9.88 Å². The van der Waals surface area contributed by atoms with Crippen LogP contribution in [0.15, 0.2) is 36.4 Å². The maximum Gasteiger partial charge on any atom is 0.233 e. The van der Waals surface area contributed by atoms with Crippen molar-refractivity contribution in [3.63, 3.8) is 0 Å². The quantitative estimate of drug-likeness (QED) is 0.718. The molecule has 1 N–H and O–H groups in total. The molecule has 5 heteroatoms. The van der Waals surface area contributed by atoms with E-state index in [1.807, 2.05) is 49.9 Å². The molecule has 1 aromatic heterocycles. The van der Waals surface area contributed by atoms with Gasteiger partial charge in [0.15, 0.2) is 11.5 Å². The highest BCUT2D eigenvalue weighted by molar-refractivity contribution is 5.95. The standard InChI is InChI=1S/C24H28N2O3/c1-15-22(18-8-6-7-9-19(18)25-15)24(2,3)23(27)26-11-10-16-12-20(28-4)21(29-5)13-17(16)14-26/h6-9,12-13,25H,10-11,14H2,1-5H3. The summed E-state index contributed by atoms with van der Waals surface area (Å²) >= 11 is 0. The maximum atomic E-state index is 13.7. The van der Waals surface area contributed by atoms with Gasteiger partial charge in [0.25, 0.3) is 0 Å². The summed E-state index contributed by atoms with van der Waals surface area (Å²) in [4.78, 5) is 19.1. The van der Waals surface area contributed by atoms with Crippen LogP contribution in [0.25, 0.3) is 10.9 Å². The lowest BCUT2D eigenvalue weighted by Crippen LogP contribution is -2.45. The monoisotopic (exact) mass is 392 g/mol. The van der Waals surface area contributed by atoms with Crippen LogP contribution in [0, 0.1) is 6.92 Å². The minimum Gasteiger partial charge on any atom is -0.493 e. The number of hydrogen-bond donors (Lipinski definition) is 1. The zero-order chi connectivity index (χ0) is 20.8. The number of hydrogen-bond acceptors (Lipinski definition) is 3. The van der Waals surface area contributed by atoms with Gasteiger partial charge in [-0.05, 0) is 62.1 Å². The average molecular weight is 392 g/mol. The summed E-state index contributed by atoms with van der Waals surface area (Å²) in [5.41, 5.74) is 4.91. The minimum absolute atomic E-state index is 0.144. The molecule has 1 aliphatic rings. The van der Waals surface area contributed by atoms with Gasteiger partial charge in [-0.1, -0.05) is 18.2 Å². The van der Waals surface area contributed by atoms with Crippen molar-refractivity contribution in [3.8, 4) is 11.5 Å². The van der Waals surface area contributed by atoms with Gasteiger partial charge in [-0.2, -0.15) is 0 Å². The number of carbonyl (C=O) groups is 1. The predicted molar refractivity (Wildman–Crippen MR) is 115 cm³/mol. The molecular formula is C24H28N2O3. The smallest absolute Gasteiger partial charge is 0.233 e. The van der Waals surface area contributed by atoms with E-state index in [1.165, 1.54) is 5.56 Å². The number of rotatable bonds is 4. The zero-order valence-corrected chi connectivity index (χ0v) is 17.8. The number of carbonyl (C=O) groups excluding carboxylic acids is 1. The zero-order valence-electron chi connectivity index (χ0n) is 17.8. The number of ether oxygens (including phenoxy) is 2. The molecule has 29 heavy (non-hydrogen) atoms. The van der Waals surface area contributed by atoms with Crippen LogP contribution in [0.2, 0.25) is 0 Å². The van der Waals surface area contributed by atoms with Gasteiger partial charge in [0, 0.05) is 29.7 Å². The number of methoxy groups -OCH3 is 2. The number of nitrogens with zero attached hydrogens (tertiary/aromatic N) is 1. The van der Waals surface area contributed by atoms with E-state index in [0.29, 0.717) is 18.8 Å². The third kappa shape index (κ3) is 3.15. The van der Waals surface area contributed by atoms with Crippen molar-refractivity contribution in [1.29, 1.82) is 0 Å². The van der Waals surface area contributed by atoms with Crippen molar-refractivity contribution in [3.05, 3.63) is 58.8 Å². The molecule has 2 aromatic carbocycles. The molecule has 0 saturated carbocycles. The lowest BCUT2D eigenvalue weighted by atomic mass is 9.80. The number of para-hydroxylation sites is 1. The molecule has 0 unspecified atom stereocenters. The second kappa shape index (κ2) is 7.14. The van der Waals surface area contributed by atoms with Crippen LogP contribution in [0.5, 0.6) is 11.5 Å². The first-order valence-corrected chi connectivity index (χ1v) is 9.97. The summed E-state index contributed by atoms with van der Waals surface area (Å²) in [6, 6.07) is 12.2. The second-order valence-electron chi connectivity index (χ2n) is 8.25. The topological polar surface area (TPSA) is 54.6 Å². The number of H-pyrrole nitrogens is 1. The first-order valence-electron chi connectivity index (χ1n) is 9.97. The SMILES string of the molecule is COc1cc2c(cc1OC)CN(C(=O)C(C)(C)c1c(C)[nH]c3ccccc13)CC2. The molecule has 0 bridgehead atoms. The second-order valence-corrected chi connectivity index (χ2v) is 8.25. The fraction of sp³-hybridized carbons (Fsp3) is 0.375. The Morgan fingerprint density at radius 2 is 1.72 bits per heavy atom. The van der Waals surface area contributed by atoms with E-state index >= 15 is 0 Å². The fourth-order valence-corrected chi connectivity index (χ4v) is 4.64. The Labute approximate surface area is 171 Å². The molecule has 152 valence electrons. The van der Waals surface area contributed by atoms with Crippen LogP contribution >= 0.6 is 0 Å². The Morgan fingerprint density at radius 1 is 1.07 bits per heavy atom. The van der Waals surface area contributed by atoms with Gasteiger partial charge < -0.3 is 19.4 Å². The molecule has 1 amide bonds. The average Bonchev–Trinajstić information content (AvgIpc) is 3.07. The molecule has 0 fully saturated rings. The van der Waals surface area contributed by atoms with E-state index in [1.54, 1.807) is 14.2 Å². The Balaban J connectivity index is 1.67. The van der Waals surface area contributed by atoms with Crippen LogP contribution < -0.4 is 9.47 Å². The number of aryl methyl sites for hydroxylation is 1. The Hall–Kier alpha value is -2.95. The molecule has 0 radical (unpaired) electrons. The van der Waals surface area contributed by atoms with E-state index in [4.69, 9.17) is 9.47 Å². The highest BCUT2D eigenvalue weighted by Gasteiger charge is 2.38. The van der Waals surface area contributed by atoms with Gasteiger partial charge in [0.05, 0.1) is 19.6 Å². The first-order chi connectivity index (χ1) is 13.9. The fourth-order valence-electron chi connectivity index (χ4n) is 4.64. The summed E-state index contributed by atoms with van der Waals surface area (Å²) in [7, 11) is 3.29. The first kappa shape index (κ1) is 19.4. The highest BCUT2D eigenvalue weighted by atomic mass is 16.5. The van der Waals surface area contributed by atoms with Crippen molar-refractivity contribution in [2.75, 3.05) is 20.8 Å². The molecule has 1 aliphatic heterocycles. The van der Waals surface area contributed by atoms with Gasteiger partial charge in [0.1, 0.15) is 0 Å². The van der Waals surface area contributed by atoms with E-state index in [2.05, 4.69) is 17.1 Å². The van der Waals surface area contributed by atoms with Crippen LogP contribution in [-0.4, -0.2) is 36.6 Å². The molecule has 0 aliphatic carbocycles. The molecule has 0 spiro atoms. The number of aromatic amines is 1. The summed E-state index contributed by atoms with van der Waals surface area (Å²) in [6.45, 7) is 7.39. The van der Waals surface area contributed by atoms with E-state index < -0.39 is 5.41 Å². The largest absolute Gasteiger partial charge is 0.493 e. The van der Waals surface area contributed by atoms with Crippen molar-refractivity contribution in [2.45, 2.75) is 39.2 Å². The minimum atomic E-state index is -0.627. The summed E-state index contributed by atoms with van der Waals surface area (Å²) in [6.07, 6.45) is 0.810. The third-order valence-electron chi connectivity index (χ3n) is 6.06. The van der Waals surface area contributed by atoms with E-state index in [-0.39, 0.29) is 5.91 Å². The van der Waals surface area contributed by atoms with Gasteiger partial charge >= 0.3 is 0 Å². The molecule has 5 nitrogen and oxygen atoms in total. The number of nitrogens with one attached hydrogen (secondary N) is 1. The van der Waals surface area contributed by atoms with Crippen LogP contribution in [0.4, 0.5) is 0 Å². The molecule has 0 atom stereocenters. The molecule has 2 heterocycles. The van der Waals surface area contributed by atoms with Crippen molar-refractivity contribution < 1.29 is 14.3 Å². The highest BCUT2D eigenvalue weighted by Crippen LogP contribution is 2.37. The Morgan fingerprint density at radius 3 is 2.41 bits per heavy atom. The van der Waals surface area contributed by atoms with Crippen LogP contribution in [-0.2, 0) is 23.2 Å². The van der Waals surface area contributed by atoms with Crippen molar-refractivity contribution >= 4 is 16.8 Å². The molecular weight excluding hydrogens is 364 g/mol.